The first-order valence-electron chi connectivity index (χ1n) is 12.5. The highest BCUT2D eigenvalue weighted by Crippen LogP contribution is 2.33. The second-order valence-corrected chi connectivity index (χ2v) is 9.78. The monoisotopic (exact) mass is 565 g/mol. The minimum absolute atomic E-state index is 0.111. The van der Waals surface area contributed by atoms with E-state index in [1.54, 1.807) is 70.2 Å². The second kappa shape index (κ2) is 12.1. The molecule has 0 bridgehead atoms. The summed E-state index contributed by atoms with van der Waals surface area (Å²) in [6.07, 6.45) is 1.68. The number of thiazole rings is 1. The molecule has 0 N–H and O–H groups in total. The van der Waals surface area contributed by atoms with Gasteiger partial charge in [0.2, 0.25) is 0 Å². The molecule has 0 fully saturated rings. The molecular formula is C28H27N3O8S. The van der Waals surface area contributed by atoms with Gasteiger partial charge in [-0.3, -0.25) is 19.5 Å². The van der Waals surface area contributed by atoms with Crippen LogP contribution in [0.5, 0.6) is 5.75 Å². The third-order valence-electron chi connectivity index (χ3n) is 6.10. The molecule has 4 rings (SSSR count). The summed E-state index contributed by atoms with van der Waals surface area (Å²) in [6.45, 7) is 6.80. The number of rotatable bonds is 9. The lowest BCUT2D eigenvalue weighted by Gasteiger charge is -2.24. The number of carbonyl (C=O) groups excluding carboxylic acids is 2. The largest absolute Gasteiger partial charge is 0.482 e. The molecule has 2 aromatic carbocycles. The summed E-state index contributed by atoms with van der Waals surface area (Å²) in [6, 6.07) is 10.5. The van der Waals surface area contributed by atoms with Crippen molar-refractivity contribution < 1.29 is 28.7 Å². The van der Waals surface area contributed by atoms with E-state index in [0.717, 1.165) is 11.3 Å². The zero-order chi connectivity index (χ0) is 29.0. The molecular weight excluding hydrogens is 538 g/mol. The fourth-order valence-corrected chi connectivity index (χ4v) is 5.30. The van der Waals surface area contributed by atoms with Gasteiger partial charge in [0.15, 0.2) is 11.4 Å². The second-order valence-electron chi connectivity index (χ2n) is 8.77. The molecule has 12 heteroatoms. The highest BCUT2D eigenvalue weighted by molar-refractivity contribution is 7.07. The van der Waals surface area contributed by atoms with Crippen LogP contribution in [0.1, 0.15) is 43.5 Å². The summed E-state index contributed by atoms with van der Waals surface area (Å²) >= 11 is 1.14. The van der Waals surface area contributed by atoms with Crippen molar-refractivity contribution in [1.82, 2.24) is 4.57 Å². The normalized spacial score (nSPS) is 14.8. The maximum absolute atomic E-state index is 13.7. The first-order chi connectivity index (χ1) is 19.1. The van der Waals surface area contributed by atoms with Crippen LogP contribution in [0, 0.1) is 17.0 Å². The Kier molecular flexibility index (Phi) is 8.58. The van der Waals surface area contributed by atoms with Crippen LogP contribution < -0.4 is 19.6 Å². The number of benzene rings is 2. The van der Waals surface area contributed by atoms with Gasteiger partial charge >= 0.3 is 11.9 Å². The number of aromatic nitrogens is 1. The third-order valence-corrected chi connectivity index (χ3v) is 7.09. The molecule has 1 aliphatic rings. The predicted octanol–water partition coefficient (Wildman–Crippen LogP) is 2.96. The predicted molar refractivity (Wildman–Crippen MR) is 147 cm³/mol. The Labute approximate surface area is 232 Å². The lowest BCUT2D eigenvalue weighted by molar-refractivity contribution is -0.385. The Bertz CT molecular complexity index is 1690. The third kappa shape index (κ3) is 5.86. The van der Waals surface area contributed by atoms with Crippen molar-refractivity contribution in [1.29, 1.82) is 0 Å². The molecule has 0 saturated heterocycles. The van der Waals surface area contributed by atoms with Crippen molar-refractivity contribution in [3.8, 4) is 5.75 Å². The lowest BCUT2D eigenvalue weighted by atomic mass is 9.94. The van der Waals surface area contributed by atoms with Gasteiger partial charge in [-0.1, -0.05) is 35.6 Å². The van der Waals surface area contributed by atoms with Crippen LogP contribution in [-0.4, -0.2) is 41.2 Å². The van der Waals surface area contributed by atoms with Crippen molar-refractivity contribution >= 4 is 35.0 Å². The average molecular weight is 566 g/mol. The number of nitro benzene ring substituents is 1. The van der Waals surface area contributed by atoms with E-state index >= 15 is 0 Å². The van der Waals surface area contributed by atoms with Crippen molar-refractivity contribution in [2.24, 2.45) is 4.99 Å². The van der Waals surface area contributed by atoms with Gasteiger partial charge in [-0.2, -0.15) is 0 Å². The first kappa shape index (κ1) is 28.4. The Morgan fingerprint density at radius 1 is 1.10 bits per heavy atom. The number of esters is 2. The SMILES string of the molecule is CCOC(=O)COc1ccc(/C=c2/sc3n(c2=O)[C@@H](c2ccc(C)c([N+](=O)[O-])c2)C(C(=O)OCC)=C(C)N=3)cc1. The number of hydrogen-bond acceptors (Lipinski definition) is 10. The molecule has 2 heterocycles. The van der Waals surface area contributed by atoms with Crippen LogP contribution in [0.4, 0.5) is 5.69 Å². The van der Waals surface area contributed by atoms with E-state index in [1.807, 2.05) is 0 Å². The minimum Gasteiger partial charge on any atom is -0.482 e. The maximum atomic E-state index is 13.7. The summed E-state index contributed by atoms with van der Waals surface area (Å²) in [4.78, 5) is 54.3. The standard InChI is InChI=1S/C28H27N3O8S/c1-5-37-23(32)15-39-20-11-8-18(9-12-20)13-22-26(33)30-25(19-10-7-16(3)21(14-19)31(35)36)24(27(34)38-6-2)17(4)29-28(30)40-22/h7-14,25H,5-6,15H2,1-4H3/b22-13+/t25-/m0/s1. The molecule has 0 unspecified atom stereocenters. The van der Waals surface area contributed by atoms with Gasteiger partial charge in [-0.15, -0.1) is 0 Å². The van der Waals surface area contributed by atoms with Crippen LogP contribution in [0.15, 0.2) is 63.5 Å². The van der Waals surface area contributed by atoms with Crippen molar-refractivity contribution in [2.75, 3.05) is 19.8 Å². The van der Waals surface area contributed by atoms with Gasteiger partial charge in [0.25, 0.3) is 11.2 Å². The molecule has 0 radical (unpaired) electrons. The fraction of sp³-hybridized carbons (Fsp3) is 0.286. The Morgan fingerprint density at radius 3 is 2.45 bits per heavy atom. The zero-order valence-electron chi connectivity index (χ0n) is 22.3. The highest BCUT2D eigenvalue weighted by Gasteiger charge is 2.34. The van der Waals surface area contributed by atoms with Gasteiger partial charge in [-0.25, -0.2) is 14.6 Å². The van der Waals surface area contributed by atoms with E-state index in [0.29, 0.717) is 37.5 Å². The Balaban J connectivity index is 1.79. The van der Waals surface area contributed by atoms with Crippen LogP contribution in [0.3, 0.4) is 0 Å². The van der Waals surface area contributed by atoms with Crippen molar-refractivity contribution in [3.05, 3.63) is 100 Å². The first-order valence-corrected chi connectivity index (χ1v) is 13.3. The lowest BCUT2D eigenvalue weighted by Crippen LogP contribution is -2.40. The number of carbonyl (C=O) groups is 2. The van der Waals surface area contributed by atoms with E-state index in [9.17, 15) is 24.5 Å². The molecule has 0 spiro atoms. The van der Waals surface area contributed by atoms with E-state index in [2.05, 4.69) is 4.99 Å². The number of aryl methyl sites for hydroxylation is 1. The summed E-state index contributed by atoms with van der Waals surface area (Å²) < 4.78 is 17.3. The van der Waals surface area contributed by atoms with Crippen LogP contribution in [0.2, 0.25) is 0 Å². The van der Waals surface area contributed by atoms with Gasteiger partial charge < -0.3 is 14.2 Å². The molecule has 0 amide bonds. The molecule has 11 nitrogen and oxygen atoms in total. The van der Waals surface area contributed by atoms with Crippen LogP contribution >= 0.6 is 11.3 Å². The molecule has 1 aromatic heterocycles. The molecule has 0 saturated carbocycles. The smallest absolute Gasteiger partial charge is 0.344 e. The fourth-order valence-electron chi connectivity index (χ4n) is 4.26. The van der Waals surface area contributed by atoms with Gasteiger partial charge in [0, 0.05) is 11.6 Å². The van der Waals surface area contributed by atoms with Gasteiger partial charge in [0.1, 0.15) is 5.75 Å². The van der Waals surface area contributed by atoms with Crippen molar-refractivity contribution in [3.63, 3.8) is 0 Å². The molecule has 3 aromatic rings. The van der Waals surface area contributed by atoms with Crippen LogP contribution in [-0.2, 0) is 19.1 Å². The number of nitrogens with zero attached hydrogens (tertiary/aromatic N) is 3. The highest BCUT2D eigenvalue weighted by atomic mass is 32.1. The van der Waals surface area contributed by atoms with Gasteiger partial charge in [-0.05, 0) is 57.0 Å². The molecule has 40 heavy (non-hydrogen) atoms. The van der Waals surface area contributed by atoms with E-state index in [4.69, 9.17) is 14.2 Å². The number of allylic oxidation sites excluding steroid dienone is 1. The number of fused-ring (bicyclic) bond motifs is 1. The Morgan fingerprint density at radius 2 is 1.80 bits per heavy atom. The number of nitro groups is 1. The maximum Gasteiger partial charge on any atom is 0.344 e. The van der Waals surface area contributed by atoms with E-state index in [1.165, 1.54) is 10.6 Å². The average Bonchev–Trinajstić information content (AvgIpc) is 3.22. The Hall–Kier alpha value is -4.58. The summed E-state index contributed by atoms with van der Waals surface area (Å²) in [7, 11) is 0. The number of hydrogen-bond donors (Lipinski definition) is 0. The van der Waals surface area contributed by atoms with Crippen molar-refractivity contribution in [2.45, 2.75) is 33.7 Å². The molecule has 208 valence electrons. The van der Waals surface area contributed by atoms with Gasteiger partial charge in [0.05, 0.1) is 40.0 Å². The molecule has 0 aliphatic carbocycles. The number of ether oxygens (including phenoxy) is 3. The topological polar surface area (TPSA) is 139 Å². The summed E-state index contributed by atoms with van der Waals surface area (Å²) in [5.41, 5.74) is 1.51. The van der Waals surface area contributed by atoms with Crippen LogP contribution in [0.25, 0.3) is 6.08 Å². The molecule has 1 aliphatic heterocycles. The van der Waals surface area contributed by atoms with E-state index in [-0.39, 0.29) is 31.1 Å². The zero-order valence-corrected chi connectivity index (χ0v) is 23.1. The molecule has 1 atom stereocenters. The quantitative estimate of drug-likeness (QED) is 0.219. The van der Waals surface area contributed by atoms with E-state index < -0.39 is 28.5 Å². The summed E-state index contributed by atoms with van der Waals surface area (Å²) in [5.74, 6) is -0.661. The summed E-state index contributed by atoms with van der Waals surface area (Å²) in [5, 5.41) is 11.7. The minimum atomic E-state index is -0.963.